The molecule has 0 radical (unpaired) electrons. The molecule has 2 rings (SSSR count). The molecule has 1 aromatic heterocycles. The second-order valence-electron chi connectivity index (χ2n) is 6.02. The van der Waals surface area contributed by atoms with Gasteiger partial charge in [0.2, 0.25) is 0 Å². The summed E-state index contributed by atoms with van der Waals surface area (Å²) in [5.74, 6) is 0. The fourth-order valence-electron chi connectivity index (χ4n) is 1.96. The third kappa shape index (κ3) is 4.58. The third-order valence-corrected chi connectivity index (χ3v) is 3.64. The van der Waals surface area contributed by atoms with Gasteiger partial charge in [-0.25, -0.2) is 9.48 Å². The summed E-state index contributed by atoms with van der Waals surface area (Å²) in [6.07, 6.45) is -4.98. The molecule has 0 bridgehead atoms. The Hall–Kier alpha value is -1.93. The molecule has 0 aliphatic rings. The number of ether oxygens (including phenoxy) is 1. The molecule has 1 heterocycles. The molecule has 1 aromatic carbocycles. The van der Waals surface area contributed by atoms with Crippen molar-refractivity contribution < 1.29 is 22.7 Å². The minimum absolute atomic E-state index is 0.0706. The van der Waals surface area contributed by atoms with E-state index in [0.29, 0.717) is 4.68 Å². The summed E-state index contributed by atoms with van der Waals surface area (Å²) in [7, 11) is 0. The van der Waals surface area contributed by atoms with Crippen LogP contribution in [0.5, 0.6) is 0 Å². The number of benzene rings is 1. The van der Waals surface area contributed by atoms with Gasteiger partial charge in [-0.3, -0.25) is 5.32 Å². The number of anilines is 1. The number of amides is 1. The average Bonchev–Trinajstić information content (AvgIpc) is 2.83. The number of carbonyl (C=O) groups excluding carboxylic acids is 1. The molecular weight excluding hydrogens is 382 g/mol. The number of halogens is 5. The van der Waals surface area contributed by atoms with E-state index in [1.165, 1.54) is 18.2 Å². The highest BCUT2D eigenvalue weighted by Crippen LogP contribution is 2.38. The largest absolute Gasteiger partial charge is 0.444 e. The highest BCUT2D eigenvalue weighted by atomic mass is 35.5. The molecule has 0 spiro atoms. The normalized spacial score (nSPS) is 12.2. The molecule has 5 nitrogen and oxygen atoms in total. The van der Waals surface area contributed by atoms with Crippen LogP contribution in [0.25, 0.3) is 5.69 Å². The summed E-state index contributed by atoms with van der Waals surface area (Å²) < 4.78 is 46.1. The zero-order valence-electron chi connectivity index (χ0n) is 13.4. The Kier molecular flexibility index (Phi) is 5.24. The quantitative estimate of drug-likeness (QED) is 0.725. The molecule has 0 fully saturated rings. The fourth-order valence-corrected chi connectivity index (χ4v) is 2.34. The van der Waals surface area contributed by atoms with Gasteiger partial charge in [-0.15, -0.1) is 0 Å². The lowest BCUT2D eigenvalue weighted by atomic mass is 10.2. The number of carbonyl (C=O) groups is 1. The van der Waals surface area contributed by atoms with Crippen LogP contribution in [-0.4, -0.2) is 21.5 Å². The zero-order valence-corrected chi connectivity index (χ0v) is 14.9. The molecule has 1 amide bonds. The molecule has 0 saturated heterocycles. The van der Waals surface area contributed by atoms with Crippen molar-refractivity contribution in [3.8, 4) is 5.69 Å². The molecule has 25 heavy (non-hydrogen) atoms. The van der Waals surface area contributed by atoms with Crippen LogP contribution in [0, 0.1) is 0 Å². The Morgan fingerprint density at radius 3 is 2.44 bits per heavy atom. The summed E-state index contributed by atoms with van der Waals surface area (Å²) in [5, 5.41) is 5.72. The van der Waals surface area contributed by atoms with Crippen LogP contribution in [0.4, 0.5) is 23.7 Å². The molecular formula is C15H14Cl2F3N3O2. The van der Waals surface area contributed by atoms with Gasteiger partial charge in [0.15, 0.2) is 5.69 Å². The van der Waals surface area contributed by atoms with E-state index in [1.807, 2.05) is 0 Å². The molecule has 0 aliphatic carbocycles. The smallest absolute Gasteiger partial charge is 0.435 e. The van der Waals surface area contributed by atoms with E-state index in [0.717, 1.165) is 6.20 Å². The Labute approximate surface area is 151 Å². The van der Waals surface area contributed by atoms with E-state index in [4.69, 9.17) is 27.9 Å². The molecule has 0 saturated carbocycles. The molecule has 2 aromatic rings. The van der Waals surface area contributed by atoms with Crippen molar-refractivity contribution in [2.24, 2.45) is 0 Å². The predicted molar refractivity (Wildman–Crippen MR) is 88.4 cm³/mol. The van der Waals surface area contributed by atoms with E-state index < -0.39 is 29.3 Å². The van der Waals surface area contributed by atoms with Gasteiger partial charge in [0.05, 0.1) is 27.6 Å². The number of alkyl halides is 3. The van der Waals surface area contributed by atoms with Crippen LogP contribution in [-0.2, 0) is 10.9 Å². The first kappa shape index (κ1) is 19.4. The minimum Gasteiger partial charge on any atom is -0.444 e. The Balaban J connectivity index is 2.49. The molecule has 10 heteroatoms. The number of nitrogens with zero attached hydrogens (tertiary/aromatic N) is 2. The van der Waals surface area contributed by atoms with Crippen molar-refractivity contribution in [3.63, 3.8) is 0 Å². The highest BCUT2D eigenvalue weighted by molar-refractivity contribution is 6.43. The minimum atomic E-state index is -4.81. The summed E-state index contributed by atoms with van der Waals surface area (Å²) in [4.78, 5) is 11.8. The van der Waals surface area contributed by atoms with Crippen molar-refractivity contribution >= 4 is 35.0 Å². The van der Waals surface area contributed by atoms with Crippen LogP contribution >= 0.6 is 23.2 Å². The lowest BCUT2D eigenvalue weighted by Crippen LogP contribution is -2.28. The maximum absolute atomic E-state index is 13.5. The van der Waals surface area contributed by atoms with Gasteiger partial charge >= 0.3 is 12.3 Å². The highest BCUT2D eigenvalue weighted by Gasteiger charge is 2.40. The second kappa shape index (κ2) is 6.76. The van der Waals surface area contributed by atoms with E-state index in [1.54, 1.807) is 20.8 Å². The fraction of sp³-hybridized carbons (Fsp3) is 0.333. The maximum atomic E-state index is 13.5. The number of aromatic nitrogens is 2. The van der Waals surface area contributed by atoms with Gasteiger partial charge < -0.3 is 4.74 Å². The van der Waals surface area contributed by atoms with Crippen LogP contribution in [0.2, 0.25) is 10.0 Å². The van der Waals surface area contributed by atoms with Crippen LogP contribution in [0.1, 0.15) is 26.5 Å². The van der Waals surface area contributed by atoms with E-state index >= 15 is 0 Å². The van der Waals surface area contributed by atoms with Crippen LogP contribution in [0.15, 0.2) is 24.4 Å². The van der Waals surface area contributed by atoms with Crippen molar-refractivity contribution in [1.82, 2.24) is 9.78 Å². The SMILES string of the molecule is CC(C)(C)OC(=O)Nc1cnn(-c2cccc(Cl)c2Cl)c1C(F)(F)F. The monoisotopic (exact) mass is 395 g/mol. The number of hydrogen-bond acceptors (Lipinski definition) is 3. The average molecular weight is 396 g/mol. The van der Waals surface area contributed by atoms with Gasteiger partial charge in [0.25, 0.3) is 0 Å². The first-order valence-electron chi connectivity index (χ1n) is 7.00. The lowest BCUT2D eigenvalue weighted by Gasteiger charge is -2.20. The Morgan fingerprint density at radius 2 is 1.88 bits per heavy atom. The summed E-state index contributed by atoms with van der Waals surface area (Å²) in [5.41, 5.74) is -2.70. The molecule has 136 valence electrons. The lowest BCUT2D eigenvalue weighted by molar-refractivity contribution is -0.142. The van der Waals surface area contributed by atoms with E-state index in [-0.39, 0.29) is 15.7 Å². The third-order valence-electron chi connectivity index (χ3n) is 2.83. The Morgan fingerprint density at radius 1 is 1.24 bits per heavy atom. The number of hydrogen-bond donors (Lipinski definition) is 1. The topological polar surface area (TPSA) is 56.1 Å². The van der Waals surface area contributed by atoms with Gasteiger partial charge in [-0.2, -0.15) is 18.3 Å². The van der Waals surface area contributed by atoms with E-state index in [2.05, 4.69) is 10.4 Å². The summed E-state index contributed by atoms with van der Waals surface area (Å²) in [6, 6.07) is 4.20. The second-order valence-corrected chi connectivity index (χ2v) is 6.80. The summed E-state index contributed by atoms with van der Waals surface area (Å²) in [6.45, 7) is 4.77. The standard InChI is InChI=1S/C15H14Cl2F3N3O2/c1-14(2,3)25-13(24)22-9-7-21-23(12(9)15(18,19)20)10-6-4-5-8(16)11(10)17/h4-7H,1-3H3,(H,22,24). The molecule has 0 atom stereocenters. The van der Waals surface area contributed by atoms with Gasteiger partial charge in [-0.05, 0) is 32.9 Å². The first-order chi connectivity index (χ1) is 11.4. The van der Waals surface area contributed by atoms with Crippen molar-refractivity contribution in [2.75, 3.05) is 5.32 Å². The maximum Gasteiger partial charge on any atom is 0.435 e. The summed E-state index contributed by atoms with van der Waals surface area (Å²) >= 11 is 11.8. The van der Waals surface area contributed by atoms with Gasteiger partial charge in [0, 0.05) is 0 Å². The van der Waals surface area contributed by atoms with E-state index in [9.17, 15) is 18.0 Å². The van der Waals surface area contributed by atoms with Crippen molar-refractivity contribution in [1.29, 1.82) is 0 Å². The van der Waals surface area contributed by atoms with Crippen LogP contribution < -0.4 is 5.32 Å². The molecule has 0 unspecified atom stereocenters. The number of rotatable bonds is 2. The predicted octanol–water partition coefficient (Wildman–Crippen LogP) is 5.54. The van der Waals surface area contributed by atoms with Crippen molar-refractivity contribution in [3.05, 3.63) is 40.1 Å². The van der Waals surface area contributed by atoms with Gasteiger partial charge in [0.1, 0.15) is 5.60 Å². The van der Waals surface area contributed by atoms with Crippen molar-refractivity contribution in [2.45, 2.75) is 32.5 Å². The first-order valence-corrected chi connectivity index (χ1v) is 7.75. The van der Waals surface area contributed by atoms with Gasteiger partial charge in [-0.1, -0.05) is 29.3 Å². The number of nitrogens with one attached hydrogen (secondary N) is 1. The zero-order chi connectivity index (χ0) is 19.0. The molecule has 0 aliphatic heterocycles. The Bertz CT molecular complexity index is 798. The molecule has 1 N–H and O–H groups in total. The van der Waals surface area contributed by atoms with Crippen LogP contribution in [0.3, 0.4) is 0 Å².